The Balaban J connectivity index is 1.85. The van der Waals surface area contributed by atoms with E-state index in [2.05, 4.69) is 10.4 Å². The van der Waals surface area contributed by atoms with Gasteiger partial charge in [0.15, 0.2) is 0 Å². The van der Waals surface area contributed by atoms with E-state index in [4.69, 9.17) is 4.98 Å². The molecule has 0 aliphatic heterocycles. The van der Waals surface area contributed by atoms with Crippen molar-refractivity contribution in [3.63, 3.8) is 0 Å². The third-order valence-corrected chi connectivity index (χ3v) is 4.62. The van der Waals surface area contributed by atoms with Crippen LogP contribution in [0.25, 0.3) is 22.2 Å². The maximum absolute atomic E-state index is 13.0. The number of carbonyl (C=O) groups is 1. The number of benzene rings is 2. The Labute approximate surface area is 156 Å². The van der Waals surface area contributed by atoms with Crippen molar-refractivity contribution in [1.82, 2.24) is 14.8 Å². The summed E-state index contributed by atoms with van der Waals surface area (Å²) in [7, 11) is 1.87. The highest BCUT2D eigenvalue weighted by Crippen LogP contribution is 2.28. The van der Waals surface area contributed by atoms with Crippen molar-refractivity contribution in [2.45, 2.75) is 6.92 Å². The Hall–Kier alpha value is -3.67. The first-order chi connectivity index (χ1) is 13.0. The molecule has 4 aromatic rings. The van der Waals surface area contributed by atoms with Gasteiger partial charge in [-0.05, 0) is 31.2 Å². The number of fused-ring (bicyclic) bond motifs is 1. The van der Waals surface area contributed by atoms with Gasteiger partial charge >= 0.3 is 0 Å². The fourth-order valence-corrected chi connectivity index (χ4v) is 3.02. The van der Waals surface area contributed by atoms with E-state index < -0.39 is 0 Å². The van der Waals surface area contributed by atoms with E-state index in [0.29, 0.717) is 16.9 Å². The molecule has 4 rings (SSSR count). The van der Waals surface area contributed by atoms with Gasteiger partial charge in [-0.15, -0.1) is 0 Å². The van der Waals surface area contributed by atoms with Gasteiger partial charge in [0.25, 0.3) is 5.91 Å². The number of amides is 1. The third-order valence-electron chi connectivity index (χ3n) is 4.62. The lowest BCUT2D eigenvalue weighted by molar-refractivity contribution is 0.102. The number of rotatable bonds is 3. The highest BCUT2D eigenvalue weighted by molar-refractivity contribution is 6.13. The van der Waals surface area contributed by atoms with E-state index >= 15 is 0 Å². The van der Waals surface area contributed by atoms with Crippen LogP contribution in [0.4, 0.5) is 5.69 Å². The van der Waals surface area contributed by atoms with Crippen LogP contribution in [0.3, 0.4) is 0 Å². The predicted octanol–water partition coefficient (Wildman–Crippen LogP) is 3.90. The number of phenols is 1. The fraction of sp³-hybridized carbons (Fsp3) is 0.0952. The quantitative estimate of drug-likeness (QED) is 0.544. The smallest absolute Gasteiger partial charge is 0.256 e. The second kappa shape index (κ2) is 6.57. The molecule has 0 saturated heterocycles. The van der Waals surface area contributed by atoms with Gasteiger partial charge in [-0.25, -0.2) is 4.98 Å². The number of aromatic nitrogens is 3. The first kappa shape index (κ1) is 16.8. The SMILES string of the molecule is Cc1c(-c2cc(C(=O)Nc3ccccc3O)c3ccccc3n2)cnn1C. The first-order valence-electron chi connectivity index (χ1n) is 8.52. The van der Waals surface area contributed by atoms with Crippen LogP contribution in [-0.4, -0.2) is 25.8 Å². The van der Waals surface area contributed by atoms with Gasteiger partial charge < -0.3 is 10.4 Å². The molecule has 0 radical (unpaired) electrons. The predicted molar refractivity (Wildman–Crippen MR) is 105 cm³/mol. The Kier molecular flexibility index (Phi) is 4.08. The van der Waals surface area contributed by atoms with E-state index in [1.165, 1.54) is 6.07 Å². The molecular formula is C21H18N4O2. The molecule has 2 aromatic heterocycles. The summed E-state index contributed by atoms with van der Waals surface area (Å²) < 4.78 is 1.77. The first-order valence-corrected chi connectivity index (χ1v) is 8.52. The molecule has 0 spiro atoms. The number of pyridine rings is 1. The van der Waals surface area contributed by atoms with Gasteiger partial charge in [0.2, 0.25) is 0 Å². The van der Waals surface area contributed by atoms with Crippen molar-refractivity contribution in [2.75, 3.05) is 5.32 Å². The molecule has 0 aliphatic carbocycles. The largest absolute Gasteiger partial charge is 0.506 e. The maximum atomic E-state index is 13.0. The molecule has 2 N–H and O–H groups in total. The molecule has 0 atom stereocenters. The molecule has 0 saturated carbocycles. The average Bonchev–Trinajstić information content (AvgIpc) is 3.01. The molecule has 6 heteroatoms. The van der Waals surface area contributed by atoms with Crippen LogP contribution in [0.5, 0.6) is 5.75 Å². The van der Waals surface area contributed by atoms with Crippen LogP contribution < -0.4 is 5.32 Å². The van der Waals surface area contributed by atoms with Crippen LogP contribution in [-0.2, 0) is 7.05 Å². The van der Waals surface area contributed by atoms with E-state index in [1.54, 1.807) is 35.1 Å². The van der Waals surface area contributed by atoms with Gasteiger partial charge in [-0.1, -0.05) is 30.3 Å². The van der Waals surface area contributed by atoms with Gasteiger partial charge in [-0.3, -0.25) is 9.48 Å². The van der Waals surface area contributed by atoms with Gasteiger partial charge in [0, 0.05) is 23.7 Å². The standard InChI is InChI=1S/C21H18N4O2/c1-13-16(12-22-25(13)2)19-11-15(14-7-3-4-8-17(14)23-19)21(27)24-18-9-5-6-10-20(18)26/h3-12,26H,1-2H3,(H,24,27). The normalized spacial score (nSPS) is 10.9. The Morgan fingerprint density at radius 2 is 1.85 bits per heavy atom. The molecule has 2 heterocycles. The maximum Gasteiger partial charge on any atom is 0.256 e. The van der Waals surface area contributed by atoms with Crippen LogP contribution in [0, 0.1) is 6.92 Å². The topological polar surface area (TPSA) is 80.0 Å². The summed E-state index contributed by atoms with van der Waals surface area (Å²) in [6, 6.07) is 15.9. The molecule has 27 heavy (non-hydrogen) atoms. The van der Waals surface area contributed by atoms with Crippen LogP contribution in [0.15, 0.2) is 60.8 Å². The Bertz CT molecular complexity index is 1160. The average molecular weight is 358 g/mol. The summed E-state index contributed by atoms with van der Waals surface area (Å²) in [6.07, 6.45) is 1.75. The second-order valence-electron chi connectivity index (χ2n) is 6.31. The molecule has 0 bridgehead atoms. The summed E-state index contributed by atoms with van der Waals surface area (Å²) in [6.45, 7) is 1.96. The molecule has 134 valence electrons. The number of hydrogen-bond acceptors (Lipinski definition) is 4. The minimum absolute atomic E-state index is 0.0209. The number of aryl methyl sites for hydroxylation is 1. The zero-order chi connectivity index (χ0) is 19.0. The molecular weight excluding hydrogens is 340 g/mol. The zero-order valence-corrected chi connectivity index (χ0v) is 15.0. The number of aromatic hydroxyl groups is 1. The van der Waals surface area contributed by atoms with Gasteiger partial charge in [0.1, 0.15) is 5.75 Å². The third kappa shape index (κ3) is 3.01. The lowest BCUT2D eigenvalue weighted by atomic mass is 10.0. The highest BCUT2D eigenvalue weighted by Gasteiger charge is 2.17. The summed E-state index contributed by atoms with van der Waals surface area (Å²) in [5, 5.41) is 17.7. The monoisotopic (exact) mass is 358 g/mol. The van der Waals surface area contributed by atoms with E-state index in [-0.39, 0.29) is 11.7 Å². The van der Waals surface area contributed by atoms with E-state index in [1.807, 2.05) is 38.2 Å². The van der Waals surface area contributed by atoms with Gasteiger partial charge in [-0.2, -0.15) is 5.10 Å². The van der Waals surface area contributed by atoms with Crippen molar-refractivity contribution >= 4 is 22.5 Å². The van der Waals surface area contributed by atoms with Crippen LogP contribution in [0.1, 0.15) is 16.1 Å². The number of anilines is 1. The molecule has 0 aliphatic rings. The van der Waals surface area contributed by atoms with Crippen LogP contribution in [0.2, 0.25) is 0 Å². The van der Waals surface area contributed by atoms with Crippen molar-refractivity contribution in [2.24, 2.45) is 7.05 Å². The minimum atomic E-state index is -0.308. The number of nitrogens with zero attached hydrogens (tertiary/aromatic N) is 3. The van der Waals surface area contributed by atoms with Gasteiger partial charge in [0.05, 0.1) is 28.7 Å². The summed E-state index contributed by atoms with van der Waals surface area (Å²) in [5.41, 5.74) is 4.09. The zero-order valence-electron chi connectivity index (χ0n) is 15.0. The Morgan fingerprint density at radius 1 is 1.11 bits per heavy atom. The number of hydrogen-bond donors (Lipinski definition) is 2. The number of phenolic OH excluding ortho intramolecular Hbond substituents is 1. The molecule has 2 aromatic carbocycles. The lowest BCUT2D eigenvalue weighted by Gasteiger charge is -2.11. The van der Waals surface area contributed by atoms with Crippen molar-refractivity contribution in [1.29, 1.82) is 0 Å². The summed E-state index contributed by atoms with van der Waals surface area (Å²) in [4.78, 5) is 17.7. The Morgan fingerprint density at radius 3 is 2.59 bits per heavy atom. The number of nitrogens with one attached hydrogen (secondary N) is 1. The number of para-hydroxylation sites is 3. The minimum Gasteiger partial charge on any atom is -0.506 e. The van der Waals surface area contributed by atoms with E-state index in [9.17, 15) is 9.90 Å². The molecule has 0 unspecified atom stereocenters. The van der Waals surface area contributed by atoms with Crippen molar-refractivity contribution in [3.8, 4) is 17.0 Å². The van der Waals surface area contributed by atoms with Crippen molar-refractivity contribution in [3.05, 3.63) is 72.1 Å². The molecule has 1 amide bonds. The fourth-order valence-electron chi connectivity index (χ4n) is 3.02. The number of carbonyl (C=O) groups excluding carboxylic acids is 1. The highest BCUT2D eigenvalue weighted by atomic mass is 16.3. The summed E-state index contributed by atoms with van der Waals surface area (Å²) in [5.74, 6) is -0.287. The van der Waals surface area contributed by atoms with Crippen molar-refractivity contribution < 1.29 is 9.90 Å². The molecule has 0 fully saturated rings. The summed E-state index contributed by atoms with van der Waals surface area (Å²) >= 11 is 0. The van der Waals surface area contributed by atoms with Crippen LogP contribution >= 0.6 is 0 Å². The van der Waals surface area contributed by atoms with E-state index in [0.717, 1.165) is 22.2 Å². The second-order valence-corrected chi connectivity index (χ2v) is 6.31. The molecule has 6 nitrogen and oxygen atoms in total. The lowest BCUT2D eigenvalue weighted by Crippen LogP contribution is -2.13.